The van der Waals surface area contributed by atoms with Crippen LogP contribution in [-0.2, 0) is 19.4 Å². The molecule has 0 N–H and O–H groups in total. The summed E-state index contributed by atoms with van der Waals surface area (Å²) in [7, 11) is 2.18. The van der Waals surface area contributed by atoms with Gasteiger partial charge in [0.25, 0.3) is 0 Å². The average Bonchev–Trinajstić information content (AvgIpc) is 2.88. The minimum Gasteiger partial charge on any atom is -0.374 e. The van der Waals surface area contributed by atoms with Crippen LogP contribution in [0.5, 0.6) is 0 Å². The third kappa shape index (κ3) is 1.87. The Kier molecular flexibility index (Phi) is 2.69. The molecule has 4 rings (SSSR count). The van der Waals surface area contributed by atoms with Crippen molar-refractivity contribution in [2.45, 2.75) is 19.4 Å². The number of nitrogens with zero attached hydrogens (tertiary/aromatic N) is 2. The molecule has 2 aliphatic heterocycles. The van der Waals surface area contributed by atoms with E-state index in [1.54, 1.807) is 0 Å². The van der Waals surface area contributed by atoms with E-state index in [1.807, 2.05) is 0 Å². The van der Waals surface area contributed by atoms with E-state index in [0.717, 1.165) is 26.1 Å². The van der Waals surface area contributed by atoms with Crippen LogP contribution in [0.1, 0.15) is 16.7 Å². The van der Waals surface area contributed by atoms with Gasteiger partial charge in [-0.3, -0.25) is 0 Å². The van der Waals surface area contributed by atoms with Crippen molar-refractivity contribution < 1.29 is 0 Å². The zero-order valence-corrected chi connectivity index (χ0v) is 12.0. The largest absolute Gasteiger partial charge is 0.374 e. The van der Waals surface area contributed by atoms with Crippen LogP contribution in [0.3, 0.4) is 0 Å². The van der Waals surface area contributed by atoms with Gasteiger partial charge in [-0.05, 0) is 47.7 Å². The number of anilines is 2. The summed E-state index contributed by atoms with van der Waals surface area (Å²) in [5.41, 5.74) is 7.30. The van der Waals surface area contributed by atoms with Gasteiger partial charge in [0, 0.05) is 38.1 Å². The standard InChI is InChI=1S/C18H20N2/c1-19-10-8-15-12-17(6-7-18(15)19)20-11-9-14-4-2-3-5-16(14)13-20/h2-7,12H,8-11,13H2,1H3. The molecular formula is C18H20N2. The number of likely N-dealkylation sites (N-methyl/N-ethyl adjacent to an activating group) is 1. The van der Waals surface area contributed by atoms with Crippen molar-refractivity contribution in [3.8, 4) is 0 Å². The Morgan fingerprint density at radius 2 is 1.65 bits per heavy atom. The molecule has 0 saturated heterocycles. The molecule has 0 unspecified atom stereocenters. The third-order valence-corrected chi connectivity index (χ3v) is 4.69. The number of hydrogen-bond donors (Lipinski definition) is 0. The predicted molar refractivity (Wildman–Crippen MR) is 84.6 cm³/mol. The molecule has 0 saturated carbocycles. The highest BCUT2D eigenvalue weighted by Gasteiger charge is 2.20. The molecule has 0 spiro atoms. The minimum atomic E-state index is 1.05. The van der Waals surface area contributed by atoms with E-state index in [-0.39, 0.29) is 0 Å². The second-order valence-electron chi connectivity index (χ2n) is 5.92. The van der Waals surface area contributed by atoms with Crippen molar-refractivity contribution in [2.24, 2.45) is 0 Å². The average molecular weight is 264 g/mol. The number of hydrogen-bond acceptors (Lipinski definition) is 2. The van der Waals surface area contributed by atoms with Gasteiger partial charge in [-0.15, -0.1) is 0 Å². The summed E-state index contributed by atoms with van der Waals surface area (Å²) in [4.78, 5) is 4.87. The summed E-state index contributed by atoms with van der Waals surface area (Å²) < 4.78 is 0. The van der Waals surface area contributed by atoms with Gasteiger partial charge in [-0.1, -0.05) is 24.3 Å². The highest BCUT2D eigenvalue weighted by Crippen LogP contribution is 2.32. The first-order valence-electron chi connectivity index (χ1n) is 7.47. The zero-order valence-electron chi connectivity index (χ0n) is 12.0. The molecule has 0 bridgehead atoms. The lowest BCUT2D eigenvalue weighted by molar-refractivity contribution is 0.731. The fourth-order valence-electron chi connectivity index (χ4n) is 3.47. The smallest absolute Gasteiger partial charge is 0.0432 e. The van der Waals surface area contributed by atoms with E-state index >= 15 is 0 Å². The second kappa shape index (κ2) is 4.55. The second-order valence-corrected chi connectivity index (χ2v) is 5.92. The van der Waals surface area contributed by atoms with Crippen molar-refractivity contribution in [1.29, 1.82) is 0 Å². The van der Waals surface area contributed by atoms with Gasteiger partial charge in [0.2, 0.25) is 0 Å². The molecule has 2 aromatic carbocycles. The van der Waals surface area contributed by atoms with Crippen molar-refractivity contribution in [3.63, 3.8) is 0 Å². The van der Waals surface area contributed by atoms with Crippen LogP contribution in [0, 0.1) is 0 Å². The van der Waals surface area contributed by atoms with Crippen LogP contribution in [0.15, 0.2) is 42.5 Å². The Morgan fingerprint density at radius 1 is 0.850 bits per heavy atom. The minimum absolute atomic E-state index is 1.05. The number of fused-ring (bicyclic) bond motifs is 2. The van der Waals surface area contributed by atoms with E-state index in [9.17, 15) is 0 Å². The zero-order chi connectivity index (χ0) is 13.5. The van der Waals surface area contributed by atoms with Crippen LogP contribution < -0.4 is 9.80 Å². The van der Waals surface area contributed by atoms with E-state index < -0.39 is 0 Å². The molecule has 0 amide bonds. The lowest BCUT2D eigenvalue weighted by atomic mass is 9.99. The molecule has 2 heterocycles. The Bertz CT molecular complexity index is 648. The number of benzene rings is 2. The maximum absolute atomic E-state index is 2.51. The molecule has 0 fully saturated rings. The Labute approximate surface area is 120 Å². The van der Waals surface area contributed by atoms with E-state index in [2.05, 4.69) is 59.3 Å². The first-order valence-corrected chi connectivity index (χ1v) is 7.47. The molecule has 2 aromatic rings. The summed E-state index contributed by atoms with van der Waals surface area (Å²) >= 11 is 0. The highest BCUT2D eigenvalue weighted by molar-refractivity contribution is 5.64. The van der Waals surface area contributed by atoms with Gasteiger partial charge in [0.15, 0.2) is 0 Å². The van der Waals surface area contributed by atoms with Crippen molar-refractivity contribution in [1.82, 2.24) is 0 Å². The van der Waals surface area contributed by atoms with Crippen LogP contribution in [0.25, 0.3) is 0 Å². The first-order chi connectivity index (χ1) is 9.81. The fraction of sp³-hybridized carbons (Fsp3) is 0.333. The van der Waals surface area contributed by atoms with E-state index in [0.29, 0.717) is 0 Å². The molecule has 0 aliphatic carbocycles. The number of rotatable bonds is 1. The molecular weight excluding hydrogens is 244 g/mol. The Hall–Kier alpha value is -1.96. The normalized spacial score (nSPS) is 17.1. The van der Waals surface area contributed by atoms with Crippen molar-refractivity contribution in [2.75, 3.05) is 29.9 Å². The quantitative estimate of drug-likeness (QED) is 0.780. The van der Waals surface area contributed by atoms with Crippen molar-refractivity contribution >= 4 is 11.4 Å². The van der Waals surface area contributed by atoms with Crippen LogP contribution in [0.2, 0.25) is 0 Å². The van der Waals surface area contributed by atoms with Gasteiger partial charge >= 0.3 is 0 Å². The third-order valence-electron chi connectivity index (χ3n) is 4.69. The maximum atomic E-state index is 2.51. The molecule has 0 atom stereocenters. The fourth-order valence-corrected chi connectivity index (χ4v) is 3.47. The molecule has 0 aromatic heterocycles. The monoisotopic (exact) mass is 264 g/mol. The molecule has 102 valence electrons. The van der Waals surface area contributed by atoms with Crippen LogP contribution in [-0.4, -0.2) is 20.1 Å². The molecule has 0 radical (unpaired) electrons. The van der Waals surface area contributed by atoms with E-state index in [1.165, 1.54) is 34.5 Å². The lowest BCUT2D eigenvalue weighted by Crippen LogP contribution is -2.30. The molecule has 2 nitrogen and oxygen atoms in total. The summed E-state index contributed by atoms with van der Waals surface area (Å²) in [5, 5.41) is 0. The van der Waals surface area contributed by atoms with Crippen LogP contribution in [0.4, 0.5) is 11.4 Å². The van der Waals surface area contributed by atoms with Gasteiger partial charge in [-0.2, -0.15) is 0 Å². The van der Waals surface area contributed by atoms with Gasteiger partial charge in [-0.25, -0.2) is 0 Å². The molecule has 2 heteroatoms. The maximum Gasteiger partial charge on any atom is 0.0432 e. The predicted octanol–water partition coefficient (Wildman–Crippen LogP) is 3.24. The molecule has 20 heavy (non-hydrogen) atoms. The Balaban J connectivity index is 1.64. The summed E-state index contributed by atoms with van der Waals surface area (Å²) in [5.74, 6) is 0. The highest BCUT2D eigenvalue weighted by atomic mass is 15.1. The SMILES string of the molecule is CN1CCc2cc(N3CCc4ccccc4C3)ccc21. The first kappa shape index (κ1) is 11.8. The molecule has 2 aliphatic rings. The Morgan fingerprint density at radius 3 is 2.55 bits per heavy atom. The van der Waals surface area contributed by atoms with Crippen molar-refractivity contribution in [3.05, 3.63) is 59.2 Å². The summed E-state index contributed by atoms with van der Waals surface area (Å²) in [6, 6.07) is 15.8. The van der Waals surface area contributed by atoms with Gasteiger partial charge in [0.1, 0.15) is 0 Å². The van der Waals surface area contributed by atoms with E-state index in [4.69, 9.17) is 0 Å². The van der Waals surface area contributed by atoms with Gasteiger partial charge < -0.3 is 9.80 Å². The lowest BCUT2D eigenvalue weighted by Gasteiger charge is -2.31. The summed E-state index contributed by atoms with van der Waals surface area (Å²) in [6.07, 6.45) is 2.34. The topological polar surface area (TPSA) is 6.48 Å². The van der Waals surface area contributed by atoms with Crippen LogP contribution >= 0.6 is 0 Å². The van der Waals surface area contributed by atoms with Gasteiger partial charge in [0.05, 0.1) is 0 Å². The summed E-state index contributed by atoms with van der Waals surface area (Å²) in [6.45, 7) is 3.33.